The Hall–Kier alpha value is -2.50. The number of aryl methyl sites for hydroxylation is 1. The highest BCUT2D eigenvalue weighted by molar-refractivity contribution is 5.96. The molecule has 5 heteroatoms. The molecule has 0 radical (unpaired) electrons. The molecule has 1 unspecified atom stereocenters. The topological polar surface area (TPSA) is 51.0 Å². The standard InChI is InChI=1S/C12H17F.C12H18O.C10H18.C10H20.C9H15N.4C9H18.C9H20.C8H16O.C8H18O.C8H16.C7H14.C7H16/c1-12(2,3)9-8-10-4-6-11(13)7-5-10;1-12(2,3)9-10-5-7-11(13-4)8-6-10;1-9(2,3)10(6-7-10)8-4-5-8;1-5-10(7-6-8-10)9(2,3)4;1-9(2,3)7-8-5-4-6-10-8;1-8(2,3)9(4)6-5-7-9;1-9(2,3)7-8-5-4-6-8;2*1-5-9(6-7-9)8(2,3)4;1-6-8(7-2)9(3,4)5;1-8(2,3)4-7-5-9-6-7;1-5-7(6-9)8(2,3)4;1-7(2,3)8(4)5-6-8;1-7(2,3)6-4-5-6;1-6(2)7(3,4)5/h4-7H,8-9H2,1-3H3;5-8H,9H2,1-4H3;8H,4-7H2,1-3H3;5-8H2,1-4H3;4-5H,6-7H2,1-3H3;5-7H2,1-4H3;8H,4-7H2,1-3H3;2*5-7H2,1-4H3;8H,6-7H2,1-5H3;7H,4-6H2,1-3H3;7,9H,5-6H2,1-4H3;5-6H2,1-4H3;6H,4-5H2,1-3H3;6H,1-5H3. The van der Waals surface area contributed by atoms with Gasteiger partial charge in [-0.1, -0.05) is 463 Å². The maximum Gasteiger partial charge on any atom is 0.123 e. The van der Waals surface area contributed by atoms with Crippen molar-refractivity contribution in [1.82, 2.24) is 0 Å². The Kier molecular flexibility index (Phi) is 58.2. The first-order valence-corrected chi connectivity index (χ1v) is 59.1. The second-order valence-corrected chi connectivity index (χ2v) is 64.3. The number of rotatable bonds is 15. The first-order valence-electron chi connectivity index (χ1n) is 59.1. The van der Waals surface area contributed by atoms with Crippen molar-refractivity contribution in [3.63, 3.8) is 0 Å². The third-order valence-electron chi connectivity index (χ3n) is 36.3. The van der Waals surface area contributed by atoms with Crippen LogP contribution in [0.25, 0.3) is 0 Å². The van der Waals surface area contributed by atoms with E-state index in [1.54, 1.807) is 7.11 Å². The molecule has 2 aliphatic heterocycles. The lowest BCUT2D eigenvalue weighted by molar-refractivity contribution is -0.0486. The molecule has 9 aliphatic carbocycles. The second kappa shape index (κ2) is 58.4. The van der Waals surface area contributed by atoms with E-state index in [-0.39, 0.29) is 11.2 Å². The number of nitrogens with zero attached hydrogens (tertiary/aromatic N) is 1. The maximum absolute atomic E-state index is 12.6. The third kappa shape index (κ3) is 58.6. The first kappa shape index (κ1) is 141. The molecule has 1 saturated heterocycles. The van der Waals surface area contributed by atoms with Crippen molar-refractivity contribution in [2.24, 2.45) is 160 Å². The van der Waals surface area contributed by atoms with Gasteiger partial charge < -0.3 is 14.6 Å². The molecule has 1 N–H and O–H groups in total. The number of allylic oxidation sites excluding steroid dienone is 1. The highest BCUT2D eigenvalue weighted by Gasteiger charge is 2.60. The lowest BCUT2D eigenvalue weighted by Gasteiger charge is -2.51. The Morgan fingerprint density at radius 3 is 0.879 bits per heavy atom. The number of hydrogen-bond acceptors (Lipinski definition) is 4. The van der Waals surface area contributed by atoms with Crippen LogP contribution in [0.4, 0.5) is 4.39 Å². The van der Waals surface area contributed by atoms with Gasteiger partial charge >= 0.3 is 0 Å². The third-order valence-corrected chi connectivity index (χ3v) is 36.3. The van der Waals surface area contributed by atoms with Gasteiger partial charge in [-0.3, -0.25) is 4.99 Å². The van der Waals surface area contributed by atoms with Crippen LogP contribution in [-0.2, 0) is 17.6 Å². The summed E-state index contributed by atoms with van der Waals surface area (Å²) in [6, 6.07) is 15.1. The van der Waals surface area contributed by atoms with Crippen molar-refractivity contribution >= 4 is 5.71 Å². The van der Waals surface area contributed by atoms with Crippen LogP contribution >= 0.6 is 0 Å². The SMILES string of the molecule is CC(C)(C)C1(C)CC1.CC(C)(C)C1(C)CCC1.CC(C)(C)C1(C2CC2)CC1.CC(C)(C)C1CC1.CC(C)(C)CC1=NCC=C1.CC(C)(C)CC1CCC1.CC(C)(C)CC1COC1.CC(C)(C)CCc1ccc(F)cc1.CC(C)C(C)(C)C.CCC(CC)C(C)(C)C.CCC(CO)C(C)(C)C.CCC1(C(C)(C)C)CC1.CCC1(C(C)(C)C)CC1.CCC1(C(C)(C)C)CCC1.COc1ccc(CC(C)(C)C)cc1. The summed E-state index contributed by atoms with van der Waals surface area (Å²) in [5.41, 5.74) is 15.5. The Labute approximate surface area is 888 Å². The molecule has 9 saturated carbocycles. The van der Waals surface area contributed by atoms with Crippen molar-refractivity contribution in [3.8, 4) is 5.75 Å². The summed E-state index contributed by atoms with van der Waals surface area (Å²) in [6.45, 7) is 130. The van der Waals surface area contributed by atoms with Crippen LogP contribution in [0, 0.1) is 161 Å². The van der Waals surface area contributed by atoms with Gasteiger partial charge in [-0.15, -0.1) is 0 Å². The molecule has 4 nitrogen and oxygen atoms in total. The summed E-state index contributed by atoms with van der Waals surface area (Å²) >= 11 is 0. The fourth-order valence-corrected chi connectivity index (χ4v) is 20.6. The van der Waals surface area contributed by atoms with Gasteiger partial charge in [0.1, 0.15) is 11.6 Å². The second-order valence-electron chi connectivity index (χ2n) is 64.3. The van der Waals surface area contributed by atoms with Crippen molar-refractivity contribution in [2.75, 3.05) is 33.5 Å². The minimum Gasteiger partial charge on any atom is -0.497 e. The number of benzene rings is 2. The summed E-state index contributed by atoms with van der Waals surface area (Å²) in [4.78, 5) is 4.33. The Balaban J connectivity index is 0. The zero-order valence-electron chi connectivity index (χ0n) is 107. The van der Waals surface area contributed by atoms with E-state index in [1.807, 2.05) is 24.3 Å². The molecular weight excluding hydrogens is 1710 g/mol. The minimum absolute atomic E-state index is 0.153. The van der Waals surface area contributed by atoms with Crippen molar-refractivity contribution in [2.45, 2.75) is 593 Å². The monoisotopic (exact) mass is 1980 g/mol. The highest BCUT2D eigenvalue weighted by atomic mass is 19.1. The van der Waals surface area contributed by atoms with Crippen LogP contribution < -0.4 is 4.74 Å². The van der Waals surface area contributed by atoms with Crippen LogP contribution in [0.5, 0.6) is 5.75 Å². The predicted molar refractivity (Wildman–Crippen MR) is 637 cm³/mol. The maximum atomic E-state index is 12.6. The molecule has 10 fully saturated rings. The van der Waals surface area contributed by atoms with Crippen LogP contribution in [0.3, 0.4) is 0 Å². The van der Waals surface area contributed by atoms with Crippen LogP contribution in [0.15, 0.2) is 65.7 Å². The number of halogens is 1. The van der Waals surface area contributed by atoms with E-state index < -0.39 is 0 Å². The zero-order chi connectivity index (χ0) is 111. The van der Waals surface area contributed by atoms with E-state index in [4.69, 9.17) is 14.6 Å². The lowest BCUT2D eigenvalue weighted by atomic mass is 9.54. The number of aliphatic hydroxyl groups excluding tert-OH is 1. The molecule has 2 aromatic rings. The fraction of sp³-hybridized carbons (Fsp3) is 0.890. The van der Waals surface area contributed by atoms with Gasteiger partial charge in [0.25, 0.3) is 0 Å². The van der Waals surface area contributed by atoms with Crippen LogP contribution in [0.2, 0.25) is 0 Å². The Bertz CT molecular complexity index is 3470. The van der Waals surface area contributed by atoms with Gasteiger partial charge in [-0.05, 0) is 351 Å². The molecule has 1 atom stereocenters. The molecule has 0 amide bonds. The zero-order valence-corrected chi connectivity index (χ0v) is 107. The number of ether oxygens (including phenoxy) is 2. The number of hydrogen-bond donors (Lipinski definition) is 1. The number of methoxy groups -OCH3 is 1. The van der Waals surface area contributed by atoms with Gasteiger partial charge in [-0.25, -0.2) is 4.39 Å². The Morgan fingerprint density at radius 2 is 0.752 bits per heavy atom. The number of aliphatic hydroxyl groups is 1. The van der Waals surface area contributed by atoms with E-state index in [0.29, 0.717) is 105 Å². The van der Waals surface area contributed by atoms with E-state index in [0.717, 1.165) is 109 Å². The quantitative estimate of drug-likeness (QED) is 0.193. The molecule has 13 rings (SSSR count). The molecule has 2 aromatic carbocycles. The van der Waals surface area contributed by atoms with E-state index >= 15 is 0 Å². The summed E-state index contributed by atoms with van der Waals surface area (Å²) in [5, 5.41) is 8.86. The first-order chi connectivity index (χ1) is 63.3. The van der Waals surface area contributed by atoms with Gasteiger partial charge in [0.05, 0.1) is 26.9 Å². The summed E-state index contributed by atoms with van der Waals surface area (Å²) in [5.74, 6) is 7.02. The predicted octanol–water partition coefficient (Wildman–Crippen LogP) is 44.8. The summed E-state index contributed by atoms with van der Waals surface area (Å²) in [6.07, 6.45) is 50.2. The van der Waals surface area contributed by atoms with Gasteiger partial charge in [0.15, 0.2) is 0 Å². The van der Waals surface area contributed by atoms with E-state index in [9.17, 15) is 4.39 Å². The summed E-state index contributed by atoms with van der Waals surface area (Å²) < 4.78 is 22.7. The highest BCUT2D eigenvalue weighted by Crippen LogP contribution is 2.70. The van der Waals surface area contributed by atoms with E-state index in [2.05, 4.69) is 410 Å². The van der Waals surface area contributed by atoms with Gasteiger partial charge in [-0.2, -0.15) is 0 Å². The molecule has 0 bridgehead atoms. The fourth-order valence-electron chi connectivity index (χ4n) is 20.6. The van der Waals surface area contributed by atoms with E-state index in [1.165, 1.54) is 209 Å². The molecule has 2 heterocycles. The number of aliphatic imine (C=N–C) groups is 1. The molecule has 0 aromatic heterocycles. The molecule has 11 aliphatic rings. The van der Waals surface area contributed by atoms with Crippen LogP contribution in [0.1, 0.15) is 591 Å². The largest absolute Gasteiger partial charge is 0.497 e. The molecular formula is C136H260FNO3. The van der Waals surface area contributed by atoms with Gasteiger partial charge in [0.2, 0.25) is 0 Å². The minimum atomic E-state index is -0.153. The average molecular weight is 1980 g/mol. The normalized spacial score (nSPS) is 19.7. The molecule has 141 heavy (non-hydrogen) atoms. The average Bonchev–Trinajstić information content (AvgIpc) is 1.56. The van der Waals surface area contributed by atoms with Crippen molar-refractivity contribution in [3.05, 3.63) is 77.6 Å². The van der Waals surface area contributed by atoms with Crippen LogP contribution in [-0.4, -0.2) is 44.3 Å². The van der Waals surface area contributed by atoms with Crippen molar-refractivity contribution < 1.29 is 19.0 Å². The summed E-state index contributed by atoms with van der Waals surface area (Å²) in [7, 11) is 1.69. The molecule has 834 valence electrons. The molecule has 0 spiro atoms. The van der Waals surface area contributed by atoms with Gasteiger partial charge in [0, 0.05) is 18.2 Å². The Morgan fingerprint density at radius 1 is 0.390 bits per heavy atom. The smallest absolute Gasteiger partial charge is 0.123 e. The lowest BCUT2D eigenvalue weighted by Crippen LogP contribution is -2.41. The van der Waals surface area contributed by atoms with Crippen molar-refractivity contribution in [1.29, 1.82) is 0 Å².